The number of rotatable bonds is 5. The van der Waals surface area contributed by atoms with E-state index in [1.165, 1.54) is 0 Å². The Morgan fingerprint density at radius 1 is 1.22 bits per heavy atom. The Morgan fingerprint density at radius 2 is 1.81 bits per heavy atom. The maximum Gasteiger partial charge on any atom is 0.498 e. The topological polar surface area (TPSA) is 108 Å². The number of hydrogen-bond donors (Lipinski definition) is 2. The molecule has 27 heavy (non-hydrogen) atoms. The Balaban J connectivity index is 1.74. The molecule has 2 N–H and O–H groups in total. The third kappa shape index (κ3) is 3.93. The Labute approximate surface area is 159 Å². The summed E-state index contributed by atoms with van der Waals surface area (Å²) >= 11 is 0. The minimum atomic E-state index is -0.934. The lowest BCUT2D eigenvalue weighted by Gasteiger charge is -2.39. The van der Waals surface area contributed by atoms with Gasteiger partial charge in [0.1, 0.15) is 6.04 Å². The summed E-state index contributed by atoms with van der Waals surface area (Å²) in [4.78, 5) is 24.0. The number of anilines is 1. The molecule has 0 aromatic carbocycles. The van der Waals surface area contributed by atoms with Crippen LogP contribution in [0.3, 0.4) is 0 Å². The van der Waals surface area contributed by atoms with Gasteiger partial charge in [0.05, 0.1) is 17.8 Å². The van der Waals surface area contributed by atoms with Gasteiger partial charge in [-0.05, 0) is 27.7 Å². The molecule has 2 aliphatic rings. The fourth-order valence-corrected chi connectivity index (χ4v) is 3.22. The highest BCUT2D eigenvalue weighted by molar-refractivity contribution is 6.61. The van der Waals surface area contributed by atoms with Gasteiger partial charge < -0.3 is 24.4 Å². The molecule has 9 nitrogen and oxygen atoms in total. The molecule has 2 aliphatic heterocycles. The highest BCUT2D eigenvalue weighted by Crippen LogP contribution is 2.36. The van der Waals surface area contributed by atoms with Gasteiger partial charge in [-0.25, -0.2) is 14.8 Å². The molecule has 3 rings (SSSR count). The van der Waals surface area contributed by atoms with E-state index in [4.69, 9.17) is 14.4 Å². The molecule has 148 valence electrons. The average molecular weight is 378 g/mol. The van der Waals surface area contributed by atoms with E-state index in [1.54, 1.807) is 17.3 Å². The van der Waals surface area contributed by atoms with Crippen molar-refractivity contribution in [2.45, 2.75) is 44.9 Å². The smallest absolute Gasteiger partial charge is 0.480 e. The molecule has 0 spiro atoms. The Bertz CT molecular complexity index is 668. The molecule has 0 bridgehead atoms. The Hall–Kier alpha value is -1.75. The lowest BCUT2D eigenvalue weighted by atomic mass is 9.81. The van der Waals surface area contributed by atoms with Crippen molar-refractivity contribution >= 4 is 24.5 Å². The summed E-state index contributed by atoms with van der Waals surface area (Å²) in [5.74, 6) is -0.567. The molecule has 0 amide bonds. The third-order valence-electron chi connectivity index (χ3n) is 5.61. The maximum absolute atomic E-state index is 11.7. The number of aliphatic hydroxyl groups excluding tert-OH is 1. The van der Waals surface area contributed by atoms with Gasteiger partial charge in [-0.2, -0.15) is 0 Å². The molecule has 2 fully saturated rings. The van der Waals surface area contributed by atoms with Crippen molar-refractivity contribution in [3.8, 4) is 0 Å². The van der Waals surface area contributed by atoms with Crippen molar-refractivity contribution in [2.75, 3.05) is 37.7 Å². The summed E-state index contributed by atoms with van der Waals surface area (Å²) in [5.41, 5.74) is -0.204. The van der Waals surface area contributed by atoms with Gasteiger partial charge in [-0.3, -0.25) is 4.90 Å². The first-order chi connectivity index (χ1) is 12.6. The Morgan fingerprint density at radius 3 is 2.33 bits per heavy atom. The lowest BCUT2D eigenvalue weighted by molar-refractivity contribution is -0.139. The Kier molecular flexibility index (Phi) is 5.44. The van der Waals surface area contributed by atoms with Crippen LogP contribution >= 0.6 is 0 Å². The first-order valence-corrected chi connectivity index (χ1v) is 9.15. The van der Waals surface area contributed by atoms with Crippen LogP contribution in [-0.2, 0) is 14.1 Å². The van der Waals surface area contributed by atoms with Crippen molar-refractivity contribution in [1.82, 2.24) is 14.9 Å². The zero-order valence-corrected chi connectivity index (χ0v) is 16.3. The van der Waals surface area contributed by atoms with Crippen LogP contribution in [0.4, 0.5) is 5.95 Å². The van der Waals surface area contributed by atoms with E-state index in [1.807, 2.05) is 32.6 Å². The fraction of sp³-hybridized carbons (Fsp3) is 0.706. The van der Waals surface area contributed by atoms with E-state index in [-0.39, 0.29) is 6.61 Å². The standard InChI is InChI=1S/C17H27BN4O5/c1-16(2)17(3,4)27-18(26-16)12-9-19-15(20-10-12)22-6-5-21(7-8-23)11-13(22)14(24)25/h9-10,13,23H,5-8,11H2,1-4H3,(H,24,25)/t13-/m0/s1. The second kappa shape index (κ2) is 7.35. The summed E-state index contributed by atoms with van der Waals surface area (Å²) in [6.07, 6.45) is 3.26. The van der Waals surface area contributed by atoms with E-state index >= 15 is 0 Å². The third-order valence-corrected chi connectivity index (χ3v) is 5.61. The van der Waals surface area contributed by atoms with E-state index in [0.717, 1.165) is 0 Å². The van der Waals surface area contributed by atoms with Crippen LogP contribution in [-0.4, -0.2) is 88.2 Å². The van der Waals surface area contributed by atoms with Gasteiger partial charge >= 0.3 is 13.1 Å². The van der Waals surface area contributed by atoms with E-state index in [2.05, 4.69) is 9.97 Å². The zero-order chi connectivity index (χ0) is 19.8. The summed E-state index contributed by atoms with van der Waals surface area (Å²) in [7, 11) is -0.555. The summed E-state index contributed by atoms with van der Waals surface area (Å²) in [6, 6.07) is -0.756. The first-order valence-electron chi connectivity index (χ1n) is 9.15. The van der Waals surface area contributed by atoms with Crippen molar-refractivity contribution < 1.29 is 24.3 Å². The molecule has 1 atom stereocenters. The van der Waals surface area contributed by atoms with Crippen LogP contribution in [0, 0.1) is 0 Å². The van der Waals surface area contributed by atoms with Crippen LogP contribution in [0.15, 0.2) is 12.4 Å². The molecule has 2 saturated heterocycles. The van der Waals surface area contributed by atoms with Crippen molar-refractivity contribution in [3.63, 3.8) is 0 Å². The van der Waals surface area contributed by atoms with Crippen LogP contribution in [0.2, 0.25) is 0 Å². The molecule has 0 radical (unpaired) electrons. The van der Waals surface area contributed by atoms with Gasteiger partial charge in [-0.15, -0.1) is 0 Å². The highest BCUT2D eigenvalue weighted by Gasteiger charge is 2.52. The van der Waals surface area contributed by atoms with Gasteiger partial charge in [0, 0.05) is 44.0 Å². The van der Waals surface area contributed by atoms with E-state index in [9.17, 15) is 9.90 Å². The SMILES string of the molecule is CC1(C)OB(c2cnc(N3CCN(CCO)C[C@H]3C(=O)O)nc2)OC1(C)C. The van der Waals surface area contributed by atoms with Crippen molar-refractivity contribution in [2.24, 2.45) is 0 Å². The summed E-state index contributed by atoms with van der Waals surface area (Å²) < 4.78 is 12.0. The minimum absolute atomic E-state index is 0.00558. The molecule has 3 heterocycles. The fourth-order valence-electron chi connectivity index (χ4n) is 3.22. The largest absolute Gasteiger partial charge is 0.498 e. The number of aliphatic hydroxyl groups is 1. The molecular formula is C17H27BN4O5. The second-order valence-corrected chi connectivity index (χ2v) is 7.98. The van der Waals surface area contributed by atoms with E-state index in [0.29, 0.717) is 37.6 Å². The molecule has 1 aromatic rings. The number of piperazine rings is 1. The molecule has 0 aliphatic carbocycles. The number of hydrogen-bond acceptors (Lipinski definition) is 8. The number of carbonyl (C=O) groups is 1. The highest BCUT2D eigenvalue weighted by atomic mass is 16.7. The van der Waals surface area contributed by atoms with Gasteiger partial charge in [0.2, 0.25) is 5.95 Å². The first kappa shape index (κ1) is 20.0. The molecule has 10 heteroatoms. The van der Waals surface area contributed by atoms with E-state index < -0.39 is 30.3 Å². The number of β-amino-alcohol motifs (C(OH)–C–C–N with tert-alkyl or cyclic N) is 1. The molecule has 0 unspecified atom stereocenters. The normalized spacial score (nSPS) is 25.0. The maximum atomic E-state index is 11.7. The van der Waals surface area contributed by atoms with Crippen LogP contribution < -0.4 is 10.4 Å². The van der Waals surface area contributed by atoms with Crippen molar-refractivity contribution in [1.29, 1.82) is 0 Å². The molecule has 0 saturated carbocycles. The summed E-state index contributed by atoms with van der Waals surface area (Å²) in [5, 5.41) is 18.7. The zero-order valence-electron chi connectivity index (χ0n) is 16.3. The minimum Gasteiger partial charge on any atom is -0.480 e. The van der Waals surface area contributed by atoms with Crippen LogP contribution in [0.25, 0.3) is 0 Å². The molecule has 1 aromatic heterocycles. The number of carboxylic acid groups (broad SMARTS) is 1. The van der Waals surface area contributed by atoms with Gasteiger partial charge in [0.15, 0.2) is 0 Å². The second-order valence-electron chi connectivity index (χ2n) is 7.98. The van der Waals surface area contributed by atoms with Crippen LogP contribution in [0.5, 0.6) is 0 Å². The monoisotopic (exact) mass is 378 g/mol. The quantitative estimate of drug-likeness (QED) is 0.646. The number of aliphatic carboxylic acids is 1. The van der Waals surface area contributed by atoms with Gasteiger partial charge in [0.25, 0.3) is 0 Å². The van der Waals surface area contributed by atoms with Crippen molar-refractivity contribution in [3.05, 3.63) is 12.4 Å². The molecular weight excluding hydrogens is 351 g/mol. The summed E-state index contributed by atoms with van der Waals surface area (Å²) in [6.45, 7) is 9.82. The number of carboxylic acids is 1. The number of nitrogens with zero attached hydrogens (tertiary/aromatic N) is 4. The van der Waals surface area contributed by atoms with Crippen LogP contribution in [0.1, 0.15) is 27.7 Å². The average Bonchev–Trinajstić information content (AvgIpc) is 2.83. The van der Waals surface area contributed by atoms with Gasteiger partial charge in [-0.1, -0.05) is 0 Å². The lowest BCUT2D eigenvalue weighted by Crippen LogP contribution is -2.57. The number of aromatic nitrogens is 2. The predicted molar refractivity (Wildman–Crippen MR) is 100 cm³/mol. The predicted octanol–water partition coefficient (Wildman–Crippen LogP) is -0.657.